The second kappa shape index (κ2) is 9.26. The molecular formula is C25H21ClN2O5. The molecule has 168 valence electrons. The van der Waals surface area contributed by atoms with Gasteiger partial charge in [-0.2, -0.15) is 0 Å². The first kappa shape index (κ1) is 22.2. The number of nitrogens with one attached hydrogen (secondary N) is 1. The SMILES string of the molecule is COc1ccc(N2C(=O)C(Nc3ccc(OC)c(OC)c3)=C(c3ccc(Cl)cc3)C2=O)cc1. The number of carbonyl (C=O) groups excluding carboxylic acids is 2. The molecule has 0 fully saturated rings. The molecule has 1 aliphatic heterocycles. The van der Waals surface area contributed by atoms with Gasteiger partial charge in [0.05, 0.1) is 32.6 Å². The van der Waals surface area contributed by atoms with Gasteiger partial charge in [-0.25, -0.2) is 4.90 Å². The van der Waals surface area contributed by atoms with E-state index in [2.05, 4.69) is 5.32 Å². The van der Waals surface area contributed by atoms with E-state index >= 15 is 0 Å². The van der Waals surface area contributed by atoms with Gasteiger partial charge in [0.15, 0.2) is 11.5 Å². The summed E-state index contributed by atoms with van der Waals surface area (Å²) in [5, 5.41) is 3.63. The van der Waals surface area contributed by atoms with Crippen molar-refractivity contribution in [3.05, 3.63) is 83.0 Å². The lowest BCUT2D eigenvalue weighted by Gasteiger charge is -2.16. The summed E-state index contributed by atoms with van der Waals surface area (Å²) < 4.78 is 15.8. The molecule has 0 saturated heterocycles. The number of methoxy groups -OCH3 is 3. The lowest BCUT2D eigenvalue weighted by Crippen LogP contribution is -2.32. The Morgan fingerprint density at radius 1 is 0.758 bits per heavy atom. The maximum atomic E-state index is 13.5. The van der Waals surface area contributed by atoms with E-state index in [9.17, 15) is 9.59 Å². The molecule has 0 aromatic heterocycles. The molecule has 3 aromatic rings. The highest BCUT2D eigenvalue weighted by Gasteiger charge is 2.40. The van der Waals surface area contributed by atoms with E-state index < -0.39 is 11.8 Å². The molecule has 0 unspecified atom stereocenters. The van der Waals surface area contributed by atoms with Crippen LogP contribution in [0.1, 0.15) is 5.56 Å². The number of hydrogen-bond acceptors (Lipinski definition) is 6. The molecule has 1 aliphatic rings. The van der Waals surface area contributed by atoms with Crippen molar-refractivity contribution in [3.8, 4) is 17.2 Å². The summed E-state index contributed by atoms with van der Waals surface area (Å²) in [6.07, 6.45) is 0. The quantitative estimate of drug-likeness (QED) is 0.508. The van der Waals surface area contributed by atoms with Crippen molar-refractivity contribution in [1.29, 1.82) is 0 Å². The van der Waals surface area contributed by atoms with Crippen LogP contribution in [0.3, 0.4) is 0 Å². The molecule has 0 radical (unpaired) electrons. The van der Waals surface area contributed by atoms with Crippen molar-refractivity contribution in [2.24, 2.45) is 0 Å². The Labute approximate surface area is 196 Å². The lowest BCUT2D eigenvalue weighted by molar-refractivity contribution is -0.120. The third-order valence-electron chi connectivity index (χ3n) is 5.20. The molecule has 3 aromatic carbocycles. The van der Waals surface area contributed by atoms with Crippen LogP contribution in [0, 0.1) is 0 Å². The number of ether oxygens (including phenoxy) is 3. The van der Waals surface area contributed by atoms with Gasteiger partial charge in [-0.15, -0.1) is 0 Å². The first-order chi connectivity index (χ1) is 16.0. The van der Waals surface area contributed by atoms with Crippen LogP contribution in [0.5, 0.6) is 17.2 Å². The van der Waals surface area contributed by atoms with Crippen molar-refractivity contribution in [1.82, 2.24) is 0 Å². The monoisotopic (exact) mass is 464 g/mol. The van der Waals surface area contributed by atoms with E-state index in [1.165, 1.54) is 14.2 Å². The van der Waals surface area contributed by atoms with Gasteiger partial charge >= 0.3 is 0 Å². The highest BCUT2D eigenvalue weighted by Crippen LogP contribution is 2.36. The van der Waals surface area contributed by atoms with Gasteiger partial charge in [-0.3, -0.25) is 9.59 Å². The van der Waals surface area contributed by atoms with Crippen LogP contribution in [-0.4, -0.2) is 33.1 Å². The van der Waals surface area contributed by atoms with Crippen LogP contribution in [0.15, 0.2) is 72.4 Å². The van der Waals surface area contributed by atoms with Gasteiger partial charge in [0, 0.05) is 16.8 Å². The Hall–Kier alpha value is -3.97. The molecule has 2 amide bonds. The van der Waals surface area contributed by atoms with E-state index in [0.29, 0.717) is 39.2 Å². The molecule has 33 heavy (non-hydrogen) atoms. The summed E-state index contributed by atoms with van der Waals surface area (Å²) in [4.78, 5) is 28.1. The standard InChI is InChI=1S/C25H21ClN2O5/c1-31-19-11-9-18(10-12-19)28-24(29)22(15-4-6-16(26)7-5-15)23(25(28)30)27-17-8-13-20(32-2)21(14-17)33-3/h4-14,27H,1-3H3. The number of anilines is 2. The zero-order valence-corrected chi connectivity index (χ0v) is 19.0. The van der Waals surface area contributed by atoms with Crippen LogP contribution < -0.4 is 24.4 Å². The maximum Gasteiger partial charge on any atom is 0.282 e. The second-order valence-corrected chi connectivity index (χ2v) is 7.53. The fourth-order valence-electron chi connectivity index (χ4n) is 3.55. The summed E-state index contributed by atoms with van der Waals surface area (Å²) in [5.74, 6) is 0.719. The van der Waals surface area contributed by atoms with Gasteiger partial charge in [-0.1, -0.05) is 23.7 Å². The van der Waals surface area contributed by atoms with Crippen molar-refractivity contribution in [3.63, 3.8) is 0 Å². The number of benzene rings is 3. The number of imide groups is 1. The molecule has 0 spiro atoms. The largest absolute Gasteiger partial charge is 0.497 e. The summed E-state index contributed by atoms with van der Waals surface area (Å²) in [7, 11) is 4.61. The molecular weight excluding hydrogens is 444 g/mol. The zero-order valence-electron chi connectivity index (χ0n) is 18.2. The summed E-state index contributed by atoms with van der Waals surface area (Å²) in [6.45, 7) is 0. The van der Waals surface area contributed by atoms with Crippen LogP contribution in [-0.2, 0) is 9.59 Å². The topological polar surface area (TPSA) is 77.1 Å². The molecule has 0 atom stereocenters. The molecule has 0 aliphatic carbocycles. The van der Waals surface area contributed by atoms with E-state index in [1.54, 1.807) is 73.8 Å². The van der Waals surface area contributed by atoms with Crippen molar-refractivity contribution in [2.75, 3.05) is 31.5 Å². The molecule has 0 bridgehead atoms. The number of halogens is 1. The smallest absolute Gasteiger partial charge is 0.282 e. The van der Waals surface area contributed by atoms with Gasteiger partial charge in [-0.05, 0) is 54.1 Å². The molecule has 8 heteroatoms. The van der Waals surface area contributed by atoms with Gasteiger partial charge in [0.2, 0.25) is 0 Å². The van der Waals surface area contributed by atoms with Crippen LogP contribution in [0.25, 0.3) is 5.57 Å². The average Bonchev–Trinajstić information content (AvgIpc) is 3.08. The van der Waals surface area contributed by atoms with E-state index in [-0.39, 0.29) is 11.3 Å². The van der Waals surface area contributed by atoms with Crippen molar-refractivity contribution in [2.45, 2.75) is 0 Å². The number of rotatable bonds is 7. The van der Waals surface area contributed by atoms with E-state index in [1.807, 2.05) is 0 Å². The summed E-state index contributed by atoms with van der Waals surface area (Å²) in [6, 6.07) is 18.6. The Morgan fingerprint density at radius 2 is 1.42 bits per heavy atom. The normalized spacial score (nSPS) is 13.4. The second-order valence-electron chi connectivity index (χ2n) is 7.10. The fraction of sp³-hybridized carbons (Fsp3) is 0.120. The molecule has 7 nitrogen and oxygen atoms in total. The number of amides is 2. The Bertz CT molecular complexity index is 1240. The number of carbonyl (C=O) groups is 2. The minimum absolute atomic E-state index is 0.144. The van der Waals surface area contributed by atoms with Crippen molar-refractivity contribution < 1.29 is 23.8 Å². The minimum atomic E-state index is -0.482. The Morgan fingerprint density at radius 3 is 2.03 bits per heavy atom. The third-order valence-corrected chi connectivity index (χ3v) is 5.45. The van der Waals surface area contributed by atoms with Crippen LogP contribution >= 0.6 is 11.6 Å². The first-order valence-corrected chi connectivity index (χ1v) is 10.4. The van der Waals surface area contributed by atoms with Crippen LogP contribution in [0.4, 0.5) is 11.4 Å². The summed E-state index contributed by atoms with van der Waals surface area (Å²) >= 11 is 6.03. The van der Waals surface area contributed by atoms with Gasteiger partial charge in [0.25, 0.3) is 11.8 Å². The first-order valence-electron chi connectivity index (χ1n) is 9.99. The Balaban J connectivity index is 1.79. The van der Waals surface area contributed by atoms with Crippen molar-refractivity contribution >= 4 is 40.4 Å². The molecule has 1 N–H and O–H groups in total. The highest BCUT2D eigenvalue weighted by atomic mass is 35.5. The Kier molecular flexibility index (Phi) is 6.24. The summed E-state index contributed by atoms with van der Waals surface area (Å²) in [5.41, 5.74) is 1.94. The molecule has 0 saturated carbocycles. The van der Waals surface area contributed by atoms with Gasteiger partial charge in [0.1, 0.15) is 11.4 Å². The highest BCUT2D eigenvalue weighted by molar-refractivity contribution is 6.46. The predicted molar refractivity (Wildman–Crippen MR) is 127 cm³/mol. The van der Waals surface area contributed by atoms with Gasteiger partial charge < -0.3 is 19.5 Å². The maximum absolute atomic E-state index is 13.5. The third kappa shape index (κ3) is 4.23. The number of nitrogens with zero attached hydrogens (tertiary/aromatic N) is 1. The number of hydrogen-bond donors (Lipinski definition) is 1. The zero-order chi connectivity index (χ0) is 23.5. The predicted octanol–water partition coefficient (Wildman–Crippen LogP) is 4.76. The lowest BCUT2D eigenvalue weighted by atomic mass is 10.0. The minimum Gasteiger partial charge on any atom is -0.497 e. The molecule has 4 rings (SSSR count). The van der Waals surface area contributed by atoms with E-state index in [4.69, 9.17) is 25.8 Å². The fourth-order valence-corrected chi connectivity index (χ4v) is 3.68. The molecule has 1 heterocycles. The average molecular weight is 465 g/mol. The van der Waals surface area contributed by atoms with Crippen LogP contribution in [0.2, 0.25) is 5.02 Å². The van der Waals surface area contributed by atoms with E-state index in [0.717, 1.165) is 4.90 Å².